The molecule has 1 aromatic heterocycles. The highest BCUT2D eigenvalue weighted by molar-refractivity contribution is 9.10. The minimum absolute atomic E-state index is 0.150. The number of rotatable bonds is 4. The molecule has 0 radical (unpaired) electrons. The Morgan fingerprint density at radius 3 is 2.70 bits per heavy atom. The zero-order chi connectivity index (χ0) is 14.7. The average Bonchev–Trinajstić information content (AvgIpc) is 2.36. The molecule has 0 atom stereocenters. The molecule has 1 aromatic carbocycles. The molecule has 1 N–H and O–H groups in total. The number of hydrogen-bond acceptors (Lipinski definition) is 3. The Labute approximate surface area is 125 Å². The molecule has 2 aromatic rings. The second-order valence-corrected chi connectivity index (χ2v) is 5.48. The van der Waals surface area contributed by atoms with Crippen LogP contribution < -0.4 is 4.74 Å². The van der Waals surface area contributed by atoms with Gasteiger partial charge >= 0.3 is 5.97 Å². The van der Waals surface area contributed by atoms with Crippen molar-refractivity contribution >= 4 is 21.9 Å². The number of carbonyl (C=O) groups is 1. The van der Waals surface area contributed by atoms with Crippen molar-refractivity contribution in [3.63, 3.8) is 0 Å². The van der Waals surface area contributed by atoms with Gasteiger partial charge in [-0.05, 0) is 43.2 Å². The Bertz CT molecular complexity index is 656. The second kappa shape index (κ2) is 6.05. The zero-order valence-corrected chi connectivity index (χ0v) is 12.8. The summed E-state index contributed by atoms with van der Waals surface area (Å²) in [5, 5.41) is 9.24. The molecule has 1 heterocycles. The van der Waals surface area contributed by atoms with Gasteiger partial charge in [0.1, 0.15) is 17.9 Å². The van der Waals surface area contributed by atoms with E-state index in [1.807, 2.05) is 26.0 Å². The van der Waals surface area contributed by atoms with Gasteiger partial charge in [-0.15, -0.1) is 0 Å². The maximum Gasteiger partial charge on any atom is 0.339 e. The van der Waals surface area contributed by atoms with Gasteiger partial charge in [0.2, 0.25) is 0 Å². The molecule has 0 bridgehead atoms. The first-order valence-corrected chi connectivity index (χ1v) is 6.83. The van der Waals surface area contributed by atoms with Crippen LogP contribution in [0.25, 0.3) is 0 Å². The Hall–Kier alpha value is -1.88. The van der Waals surface area contributed by atoms with Crippen LogP contribution in [0.4, 0.5) is 0 Å². The lowest BCUT2D eigenvalue weighted by Crippen LogP contribution is -2.05. The van der Waals surface area contributed by atoms with E-state index < -0.39 is 5.97 Å². The molecule has 20 heavy (non-hydrogen) atoms. The minimum Gasteiger partial charge on any atom is -0.488 e. The maximum atomic E-state index is 11.3. The van der Waals surface area contributed by atoms with E-state index in [0.717, 1.165) is 21.2 Å². The average molecular weight is 336 g/mol. The number of halogens is 1. The van der Waals surface area contributed by atoms with Crippen LogP contribution in [0, 0.1) is 13.8 Å². The first-order chi connectivity index (χ1) is 9.47. The molecule has 2 rings (SSSR count). The van der Waals surface area contributed by atoms with Crippen molar-refractivity contribution in [3.05, 3.63) is 57.3 Å². The van der Waals surface area contributed by atoms with E-state index in [1.165, 1.54) is 0 Å². The summed E-state index contributed by atoms with van der Waals surface area (Å²) in [5.41, 5.74) is 2.87. The Kier molecular flexibility index (Phi) is 4.39. The molecule has 104 valence electrons. The standard InChI is InChI=1S/C15H14BrNO3/c1-9-3-11(7-17-6-9)8-20-14-10(2)4-12(16)5-13(14)15(18)19/h3-7H,8H2,1-2H3,(H,18,19). The van der Waals surface area contributed by atoms with Gasteiger partial charge in [0.15, 0.2) is 0 Å². The van der Waals surface area contributed by atoms with Gasteiger partial charge in [-0.3, -0.25) is 4.98 Å². The Morgan fingerprint density at radius 2 is 2.05 bits per heavy atom. The normalized spacial score (nSPS) is 10.3. The second-order valence-electron chi connectivity index (χ2n) is 4.56. The van der Waals surface area contributed by atoms with Gasteiger partial charge in [0.25, 0.3) is 0 Å². The van der Waals surface area contributed by atoms with Crippen molar-refractivity contribution < 1.29 is 14.6 Å². The lowest BCUT2D eigenvalue weighted by atomic mass is 10.1. The summed E-state index contributed by atoms with van der Waals surface area (Å²) in [6, 6.07) is 5.33. The summed E-state index contributed by atoms with van der Waals surface area (Å²) in [6.45, 7) is 4.06. The topological polar surface area (TPSA) is 59.4 Å². The van der Waals surface area contributed by atoms with E-state index in [2.05, 4.69) is 20.9 Å². The highest BCUT2D eigenvalue weighted by Crippen LogP contribution is 2.28. The predicted molar refractivity (Wildman–Crippen MR) is 79.1 cm³/mol. The number of benzene rings is 1. The molecule has 5 heteroatoms. The smallest absolute Gasteiger partial charge is 0.339 e. The van der Waals surface area contributed by atoms with Crippen LogP contribution in [-0.4, -0.2) is 16.1 Å². The highest BCUT2D eigenvalue weighted by Gasteiger charge is 2.15. The number of ether oxygens (including phenoxy) is 1. The van der Waals surface area contributed by atoms with Gasteiger partial charge in [0, 0.05) is 22.4 Å². The molecule has 0 aliphatic carbocycles. The third-order valence-corrected chi connectivity index (χ3v) is 3.24. The molecular formula is C15H14BrNO3. The van der Waals surface area contributed by atoms with Crippen LogP contribution in [-0.2, 0) is 6.61 Å². The molecule has 0 aliphatic heterocycles. The van der Waals surface area contributed by atoms with E-state index in [4.69, 9.17) is 4.74 Å². The Balaban J connectivity index is 2.27. The number of carboxylic acid groups (broad SMARTS) is 1. The third-order valence-electron chi connectivity index (χ3n) is 2.78. The first-order valence-electron chi connectivity index (χ1n) is 6.04. The van der Waals surface area contributed by atoms with Crippen LogP contribution >= 0.6 is 15.9 Å². The zero-order valence-electron chi connectivity index (χ0n) is 11.2. The van der Waals surface area contributed by atoms with E-state index in [0.29, 0.717) is 5.75 Å². The molecule has 0 unspecified atom stereocenters. The highest BCUT2D eigenvalue weighted by atomic mass is 79.9. The quantitative estimate of drug-likeness (QED) is 0.924. The molecular weight excluding hydrogens is 322 g/mol. The fourth-order valence-electron chi connectivity index (χ4n) is 1.93. The SMILES string of the molecule is Cc1cncc(COc2c(C)cc(Br)cc2C(=O)O)c1. The minimum atomic E-state index is -1.01. The number of aryl methyl sites for hydroxylation is 2. The number of aromatic nitrogens is 1. The summed E-state index contributed by atoms with van der Waals surface area (Å²) in [6.07, 6.45) is 3.47. The van der Waals surface area contributed by atoms with Crippen molar-refractivity contribution in [1.82, 2.24) is 4.98 Å². The van der Waals surface area contributed by atoms with Gasteiger partial charge in [-0.25, -0.2) is 4.79 Å². The fraction of sp³-hybridized carbons (Fsp3) is 0.200. The van der Waals surface area contributed by atoms with E-state index in [1.54, 1.807) is 18.5 Å². The maximum absolute atomic E-state index is 11.3. The lowest BCUT2D eigenvalue weighted by Gasteiger charge is -2.13. The van der Waals surface area contributed by atoms with Gasteiger partial charge in [-0.1, -0.05) is 15.9 Å². The van der Waals surface area contributed by atoms with Crippen LogP contribution in [0.5, 0.6) is 5.75 Å². The van der Waals surface area contributed by atoms with E-state index in [9.17, 15) is 9.90 Å². The van der Waals surface area contributed by atoms with E-state index in [-0.39, 0.29) is 12.2 Å². The summed E-state index contributed by atoms with van der Waals surface area (Å²) < 4.78 is 6.40. The molecule has 0 aliphatic rings. The van der Waals surface area contributed by atoms with Crippen molar-refractivity contribution in [2.45, 2.75) is 20.5 Å². The molecule has 0 saturated carbocycles. The van der Waals surface area contributed by atoms with Crippen LogP contribution in [0.15, 0.2) is 35.1 Å². The molecule has 4 nitrogen and oxygen atoms in total. The van der Waals surface area contributed by atoms with Crippen LogP contribution in [0.2, 0.25) is 0 Å². The van der Waals surface area contributed by atoms with Crippen LogP contribution in [0.1, 0.15) is 27.0 Å². The number of aromatic carboxylic acids is 1. The molecule has 0 saturated heterocycles. The fourth-order valence-corrected chi connectivity index (χ4v) is 2.50. The summed E-state index contributed by atoms with van der Waals surface area (Å²) in [7, 11) is 0. The Morgan fingerprint density at radius 1 is 1.30 bits per heavy atom. The molecule has 0 amide bonds. The third kappa shape index (κ3) is 3.36. The van der Waals surface area contributed by atoms with Crippen molar-refractivity contribution in [2.24, 2.45) is 0 Å². The van der Waals surface area contributed by atoms with Gasteiger partial charge in [-0.2, -0.15) is 0 Å². The van der Waals surface area contributed by atoms with Crippen molar-refractivity contribution in [3.8, 4) is 5.75 Å². The largest absolute Gasteiger partial charge is 0.488 e. The monoisotopic (exact) mass is 335 g/mol. The summed E-state index contributed by atoms with van der Waals surface area (Å²) in [5.74, 6) is -0.617. The van der Waals surface area contributed by atoms with Crippen molar-refractivity contribution in [1.29, 1.82) is 0 Å². The van der Waals surface area contributed by atoms with Gasteiger partial charge in [0.05, 0.1) is 0 Å². The van der Waals surface area contributed by atoms with Crippen LogP contribution in [0.3, 0.4) is 0 Å². The number of pyridine rings is 1. The summed E-state index contributed by atoms with van der Waals surface area (Å²) in [4.78, 5) is 15.4. The number of carboxylic acids is 1. The predicted octanol–water partition coefficient (Wildman–Crippen LogP) is 3.74. The molecule has 0 spiro atoms. The first kappa shape index (κ1) is 14.5. The lowest BCUT2D eigenvalue weighted by molar-refractivity contribution is 0.0691. The summed E-state index contributed by atoms with van der Waals surface area (Å²) >= 11 is 3.29. The molecule has 0 fully saturated rings. The van der Waals surface area contributed by atoms with E-state index >= 15 is 0 Å². The number of nitrogens with zero attached hydrogens (tertiary/aromatic N) is 1. The number of hydrogen-bond donors (Lipinski definition) is 1. The van der Waals surface area contributed by atoms with Gasteiger partial charge < -0.3 is 9.84 Å². The van der Waals surface area contributed by atoms with Crippen molar-refractivity contribution in [2.75, 3.05) is 0 Å².